The van der Waals surface area contributed by atoms with E-state index in [4.69, 9.17) is 23.2 Å². The molecule has 138 valence electrons. The molecule has 2 aromatic carbocycles. The van der Waals surface area contributed by atoms with Gasteiger partial charge in [-0.1, -0.05) is 47.5 Å². The van der Waals surface area contributed by atoms with Crippen LogP contribution in [0.3, 0.4) is 0 Å². The highest BCUT2D eigenvalue weighted by atomic mass is 35.5. The molecule has 1 heterocycles. The zero-order valence-corrected chi connectivity index (χ0v) is 16.0. The summed E-state index contributed by atoms with van der Waals surface area (Å²) in [6, 6.07) is 15.5. The van der Waals surface area contributed by atoms with Crippen LogP contribution in [0.1, 0.15) is 17.4 Å². The summed E-state index contributed by atoms with van der Waals surface area (Å²) in [5.74, 6) is -0.0100. The van der Waals surface area contributed by atoms with Gasteiger partial charge < -0.3 is 10.4 Å². The van der Waals surface area contributed by atoms with Crippen molar-refractivity contribution in [3.05, 3.63) is 70.3 Å². The van der Waals surface area contributed by atoms with E-state index in [9.17, 15) is 9.90 Å². The molecule has 0 aliphatic carbocycles. The zero-order valence-electron chi connectivity index (χ0n) is 14.5. The van der Waals surface area contributed by atoms with Gasteiger partial charge in [-0.05, 0) is 37.3 Å². The monoisotopic (exact) mass is 401 g/mol. The van der Waals surface area contributed by atoms with Gasteiger partial charge in [-0.15, -0.1) is 0 Å². The molecule has 1 unspecified atom stereocenters. The Morgan fingerprint density at radius 1 is 1.04 bits per heavy atom. The first-order valence-corrected chi connectivity index (χ1v) is 9.04. The van der Waals surface area contributed by atoms with Gasteiger partial charge in [-0.25, -0.2) is 9.97 Å². The Morgan fingerprint density at radius 2 is 1.78 bits per heavy atom. The number of nitrogens with zero attached hydrogens (tertiary/aromatic N) is 2. The number of hydrogen-bond donors (Lipinski definition) is 2. The standard InChI is InChI=1S/C20H17Cl2N3O2/c1-12(11-26)23-20(27)18-10-17(13-5-7-15(21)8-6-13)24-19(25-18)14-3-2-4-16(22)9-14/h2-10,12,26H,11H2,1H3,(H,23,27). The number of rotatable bonds is 5. The molecule has 2 N–H and O–H groups in total. The van der Waals surface area contributed by atoms with E-state index in [1.807, 2.05) is 18.2 Å². The number of nitrogens with one attached hydrogen (secondary N) is 1. The van der Waals surface area contributed by atoms with Crippen molar-refractivity contribution in [1.82, 2.24) is 15.3 Å². The number of aliphatic hydroxyl groups is 1. The van der Waals surface area contributed by atoms with Gasteiger partial charge in [0.05, 0.1) is 12.3 Å². The third-order valence-electron chi connectivity index (χ3n) is 3.83. The van der Waals surface area contributed by atoms with Crippen LogP contribution in [0.2, 0.25) is 10.0 Å². The van der Waals surface area contributed by atoms with E-state index >= 15 is 0 Å². The van der Waals surface area contributed by atoms with Crippen LogP contribution in [0, 0.1) is 0 Å². The lowest BCUT2D eigenvalue weighted by Crippen LogP contribution is -2.35. The van der Waals surface area contributed by atoms with Crippen molar-refractivity contribution in [2.45, 2.75) is 13.0 Å². The van der Waals surface area contributed by atoms with Crippen LogP contribution in [0.5, 0.6) is 0 Å². The van der Waals surface area contributed by atoms with E-state index in [1.165, 1.54) is 0 Å². The Balaban J connectivity index is 2.10. The van der Waals surface area contributed by atoms with E-state index in [1.54, 1.807) is 43.3 Å². The summed E-state index contributed by atoms with van der Waals surface area (Å²) in [5, 5.41) is 13.0. The number of hydrogen-bond acceptors (Lipinski definition) is 4. The first-order valence-electron chi connectivity index (χ1n) is 8.29. The van der Waals surface area contributed by atoms with Crippen molar-refractivity contribution in [3.8, 4) is 22.6 Å². The van der Waals surface area contributed by atoms with Gasteiger partial charge in [0.2, 0.25) is 0 Å². The molecule has 0 fully saturated rings. The summed E-state index contributed by atoms with van der Waals surface area (Å²) in [4.78, 5) is 21.5. The van der Waals surface area contributed by atoms with Crippen molar-refractivity contribution in [2.75, 3.05) is 6.61 Å². The second-order valence-corrected chi connectivity index (χ2v) is 6.91. The quantitative estimate of drug-likeness (QED) is 0.670. The van der Waals surface area contributed by atoms with Crippen molar-refractivity contribution in [3.63, 3.8) is 0 Å². The van der Waals surface area contributed by atoms with E-state index in [-0.39, 0.29) is 18.3 Å². The van der Waals surface area contributed by atoms with Gasteiger partial charge in [-0.2, -0.15) is 0 Å². The summed E-state index contributed by atoms with van der Waals surface area (Å²) >= 11 is 12.0. The predicted molar refractivity (Wildman–Crippen MR) is 107 cm³/mol. The molecule has 1 amide bonds. The van der Waals surface area contributed by atoms with Gasteiger partial charge in [0.25, 0.3) is 5.91 Å². The molecule has 0 aliphatic heterocycles. The predicted octanol–water partition coefficient (Wildman–Crippen LogP) is 4.23. The van der Waals surface area contributed by atoms with E-state index in [2.05, 4.69) is 15.3 Å². The highest BCUT2D eigenvalue weighted by molar-refractivity contribution is 6.31. The third-order valence-corrected chi connectivity index (χ3v) is 4.32. The second-order valence-electron chi connectivity index (χ2n) is 6.04. The SMILES string of the molecule is CC(CO)NC(=O)c1cc(-c2ccc(Cl)cc2)nc(-c2cccc(Cl)c2)n1. The second kappa shape index (κ2) is 8.48. The molecule has 1 atom stereocenters. The number of benzene rings is 2. The Kier molecular flexibility index (Phi) is 6.06. The zero-order chi connectivity index (χ0) is 19.4. The van der Waals surface area contributed by atoms with Crippen molar-refractivity contribution in [2.24, 2.45) is 0 Å². The maximum atomic E-state index is 12.5. The summed E-state index contributed by atoms with van der Waals surface area (Å²) in [5.41, 5.74) is 2.28. The molecule has 0 aliphatic rings. The Morgan fingerprint density at radius 3 is 2.44 bits per heavy atom. The van der Waals surface area contributed by atoms with Crippen molar-refractivity contribution in [1.29, 1.82) is 0 Å². The average Bonchev–Trinajstić information content (AvgIpc) is 2.68. The molecule has 1 aromatic heterocycles. The van der Waals surface area contributed by atoms with Crippen LogP contribution >= 0.6 is 23.2 Å². The van der Waals surface area contributed by atoms with Crippen LogP contribution in [-0.4, -0.2) is 33.6 Å². The Hall–Kier alpha value is -2.47. The number of halogens is 2. The van der Waals surface area contributed by atoms with Crippen molar-refractivity contribution >= 4 is 29.1 Å². The van der Waals surface area contributed by atoms with Gasteiger partial charge in [0, 0.05) is 27.2 Å². The fourth-order valence-corrected chi connectivity index (χ4v) is 2.75. The molecule has 0 spiro atoms. The largest absolute Gasteiger partial charge is 0.394 e. The van der Waals surface area contributed by atoms with Gasteiger partial charge >= 0.3 is 0 Å². The first-order chi connectivity index (χ1) is 13.0. The highest BCUT2D eigenvalue weighted by Crippen LogP contribution is 2.25. The minimum Gasteiger partial charge on any atom is -0.394 e. The fourth-order valence-electron chi connectivity index (χ4n) is 2.43. The number of carbonyl (C=O) groups excluding carboxylic acids is 1. The molecular weight excluding hydrogens is 385 g/mol. The van der Waals surface area contributed by atoms with E-state index in [0.29, 0.717) is 27.1 Å². The highest BCUT2D eigenvalue weighted by Gasteiger charge is 2.16. The number of aliphatic hydroxyl groups excluding tert-OH is 1. The lowest BCUT2D eigenvalue weighted by molar-refractivity contribution is 0.0917. The number of aromatic nitrogens is 2. The molecule has 0 radical (unpaired) electrons. The third kappa shape index (κ3) is 4.83. The van der Waals surface area contributed by atoms with Gasteiger partial charge in [0.15, 0.2) is 5.82 Å². The minimum absolute atomic E-state index is 0.165. The molecule has 5 nitrogen and oxygen atoms in total. The summed E-state index contributed by atoms with van der Waals surface area (Å²) in [6.45, 7) is 1.54. The molecule has 3 aromatic rings. The summed E-state index contributed by atoms with van der Waals surface area (Å²) in [6.07, 6.45) is 0. The molecule has 0 saturated heterocycles. The molecule has 0 bridgehead atoms. The van der Waals surface area contributed by atoms with Crippen LogP contribution in [0.4, 0.5) is 0 Å². The minimum atomic E-state index is -0.391. The van der Waals surface area contributed by atoms with Gasteiger partial charge in [-0.3, -0.25) is 4.79 Å². The molecule has 27 heavy (non-hydrogen) atoms. The van der Waals surface area contributed by atoms with Crippen LogP contribution in [0.15, 0.2) is 54.6 Å². The Labute approximate surface area is 167 Å². The number of amides is 1. The lowest BCUT2D eigenvalue weighted by atomic mass is 10.1. The summed E-state index contributed by atoms with van der Waals surface area (Å²) < 4.78 is 0. The smallest absolute Gasteiger partial charge is 0.270 e. The van der Waals surface area contributed by atoms with Crippen LogP contribution < -0.4 is 5.32 Å². The number of carbonyl (C=O) groups is 1. The Bertz CT molecular complexity index is 962. The maximum absolute atomic E-state index is 12.5. The van der Waals surface area contributed by atoms with Gasteiger partial charge in [0.1, 0.15) is 5.69 Å². The normalized spacial score (nSPS) is 11.9. The van der Waals surface area contributed by atoms with E-state index < -0.39 is 5.91 Å². The molecular formula is C20H17Cl2N3O2. The van der Waals surface area contributed by atoms with Crippen LogP contribution in [-0.2, 0) is 0 Å². The van der Waals surface area contributed by atoms with Crippen molar-refractivity contribution < 1.29 is 9.90 Å². The molecule has 3 rings (SSSR count). The average molecular weight is 402 g/mol. The molecule has 0 saturated carbocycles. The first kappa shape index (κ1) is 19.3. The topological polar surface area (TPSA) is 75.1 Å². The maximum Gasteiger partial charge on any atom is 0.270 e. The molecule has 7 heteroatoms. The lowest BCUT2D eigenvalue weighted by Gasteiger charge is -2.12. The fraction of sp³-hybridized carbons (Fsp3) is 0.150. The summed E-state index contributed by atoms with van der Waals surface area (Å²) in [7, 11) is 0. The van der Waals surface area contributed by atoms with E-state index in [0.717, 1.165) is 5.56 Å². The van der Waals surface area contributed by atoms with Crippen LogP contribution in [0.25, 0.3) is 22.6 Å².